The maximum absolute atomic E-state index is 11.9. The molecule has 0 radical (unpaired) electrons. The van der Waals surface area contributed by atoms with Crippen molar-refractivity contribution >= 4 is 5.97 Å². The third-order valence-corrected chi connectivity index (χ3v) is 7.84. The van der Waals surface area contributed by atoms with Gasteiger partial charge in [-0.2, -0.15) is 0 Å². The first-order chi connectivity index (χ1) is 15.5. The molecule has 33 heavy (non-hydrogen) atoms. The molecule has 0 aliphatic carbocycles. The van der Waals surface area contributed by atoms with Gasteiger partial charge < -0.3 is 16.1 Å². The van der Waals surface area contributed by atoms with Gasteiger partial charge in [0.2, 0.25) is 0 Å². The van der Waals surface area contributed by atoms with E-state index in [1.165, 1.54) is 128 Å². The summed E-state index contributed by atoms with van der Waals surface area (Å²) in [7, 11) is 0. The Labute approximate surface area is 208 Å². The monoisotopic (exact) mass is 469 g/mol. The third-order valence-electron chi connectivity index (χ3n) is 7.84. The summed E-state index contributed by atoms with van der Waals surface area (Å²) in [5, 5.41) is 11.9. The van der Waals surface area contributed by atoms with Crippen molar-refractivity contribution in [2.24, 2.45) is 11.3 Å². The molecule has 0 saturated carbocycles. The lowest BCUT2D eigenvalue weighted by atomic mass is 9.72. The summed E-state index contributed by atoms with van der Waals surface area (Å²) in [5.41, 5.74) is -0.653. The molecular weight excluding hydrogens is 406 g/mol. The highest BCUT2D eigenvalue weighted by molar-refractivity contribution is 5.72. The van der Waals surface area contributed by atoms with Crippen molar-refractivity contribution in [1.82, 2.24) is 6.15 Å². The number of carbonyl (C=O) groups excluding carboxylic acids is 1. The van der Waals surface area contributed by atoms with Gasteiger partial charge in [0.15, 0.2) is 0 Å². The Morgan fingerprint density at radius 2 is 0.909 bits per heavy atom. The molecular formula is C30H63NO2. The molecule has 3 nitrogen and oxygen atoms in total. The fraction of sp³-hybridized carbons (Fsp3) is 0.967. The van der Waals surface area contributed by atoms with Crippen molar-refractivity contribution in [3.05, 3.63) is 0 Å². The highest BCUT2D eigenvalue weighted by atomic mass is 16.4. The zero-order valence-corrected chi connectivity index (χ0v) is 23.7. The first-order valence-corrected chi connectivity index (χ1v) is 14.7. The van der Waals surface area contributed by atoms with Crippen molar-refractivity contribution in [2.75, 3.05) is 0 Å². The van der Waals surface area contributed by atoms with Crippen LogP contribution in [0.2, 0.25) is 0 Å². The molecule has 2 atom stereocenters. The SMILES string of the molecule is CCCCCCCCCCCCCCCC(C)C(C)(CCCCCCCCCC)C(=O)[O-].[NH4+]. The van der Waals surface area contributed by atoms with Crippen LogP contribution in [0, 0.1) is 11.3 Å². The Bertz CT molecular complexity index is 412. The maximum Gasteiger partial charge on any atom is 0.0476 e. The van der Waals surface area contributed by atoms with Gasteiger partial charge in [0.25, 0.3) is 0 Å². The van der Waals surface area contributed by atoms with Crippen LogP contribution >= 0.6 is 0 Å². The number of rotatable bonds is 25. The summed E-state index contributed by atoms with van der Waals surface area (Å²) in [6.07, 6.45) is 29.6. The number of carboxylic acid groups (broad SMARTS) is 1. The summed E-state index contributed by atoms with van der Waals surface area (Å²) in [4.78, 5) is 11.9. The Balaban J connectivity index is 0. The smallest absolute Gasteiger partial charge is 0.0476 e. The molecule has 0 heterocycles. The van der Waals surface area contributed by atoms with Crippen LogP contribution in [0.1, 0.15) is 175 Å². The van der Waals surface area contributed by atoms with E-state index in [1.807, 2.05) is 6.92 Å². The van der Waals surface area contributed by atoms with Crippen molar-refractivity contribution in [3.63, 3.8) is 0 Å². The van der Waals surface area contributed by atoms with E-state index in [0.29, 0.717) is 0 Å². The number of carbonyl (C=O) groups is 1. The van der Waals surface area contributed by atoms with Crippen LogP contribution in [0.4, 0.5) is 0 Å². The molecule has 0 spiro atoms. The van der Waals surface area contributed by atoms with E-state index < -0.39 is 11.4 Å². The molecule has 0 aromatic rings. The van der Waals surface area contributed by atoms with Gasteiger partial charge in [0.05, 0.1) is 0 Å². The van der Waals surface area contributed by atoms with Gasteiger partial charge in [-0.25, -0.2) is 0 Å². The Kier molecular flexibility index (Phi) is 25.7. The van der Waals surface area contributed by atoms with Crippen LogP contribution in [0.5, 0.6) is 0 Å². The number of hydrogen-bond donors (Lipinski definition) is 1. The van der Waals surface area contributed by atoms with Crippen LogP contribution in [-0.2, 0) is 4.79 Å². The van der Waals surface area contributed by atoms with E-state index in [0.717, 1.165) is 19.3 Å². The van der Waals surface area contributed by atoms with E-state index in [-0.39, 0.29) is 12.1 Å². The molecule has 0 rings (SSSR count). The molecule has 0 saturated heterocycles. The number of aliphatic carboxylic acids is 1. The second-order valence-electron chi connectivity index (χ2n) is 10.9. The highest BCUT2D eigenvalue weighted by Gasteiger charge is 2.31. The largest absolute Gasteiger partial charge is 0.550 e. The Morgan fingerprint density at radius 3 is 1.24 bits per heavy atom. The van der Waals surface area contributed by atoms with E-state index >= 15 is 0 Å². The lowest BCUT2D eigenvalue weighted by Crippen LogP contribution is -2.44. The quantitative estimate of drug-likeness (QED) is 0.135. The third kappa shape index (κ3) is 19.4. The van der Waals surface area contributed by atoms with Gasteiger partial charge in [-0.15, -0.1) is 0 Å². The van der Waals surface area contributed by atoms with Crippen molar-refractivity contribution in [2.45, 2.75) is 175 Å². The molecule has 4 N–H and O–H groups in total. The van der Waals surface area contributed by atoms with Crippen molar-refractivity contribution in [1.29, 1.82) is 0 Å². The van der Waals surface area contributed by atoms with Crippen molar-refractivity contribution in [3.8, 4) is 0 Å². The second kappa shape index (κ2) is 24.6. The standard InChI is InChI=1S/C30H60O2.H3N/c1-5-7-9-11-13-15-16-17-18-19-20-22-24-26-28(3)30(4,29(31)32)27-25-23-21-14-12-10-8-6-2;/h28H,5-27H2,1-4H3,(H,31,32);1H3. The van der Waals surface area contributed by atoms with Crippen LogP contribution in [-0.4, -0.2) is 5.97 Å². The number of unbranched alkanes of at least 4 members (excludes halogenated alkanes) is 19. The van der Waals surface area contributed by atoms with Crippen molar-refractivity contribution < 1.29 is 9.90 Å². The van der Waals surface area contributed by atoms with Crippen LogP contribution in [0.25, 0.3) is 0 Å². The van der Waals surface area contributed by atoms with Gasteiger partial charge in [0, 0.05) is 11.4 Å². The van der Waals surface area contributed by atoms with Gasteiger partial charge in [-0.3, -0.25) is 0 Å². The topological polar surface area (TPSA) is 76.6 Å². The molecule has 0 amide bonds. The summed E-state index contributed by atoms with van der Waals surface area (Å²) < 4.78 is 0. The zero-order valence-electron chi connectivity index (χ0n) is 23.7. The Morgan fingerprint density at radius 1 is 0.606 bits per heavy atom. The van der Waals surface area contributed by atoms with Crippen LogP contribution in [0.3, 0.4) is 0 Å². The molecule has 200 valence electrons. The maximum atomic E-state index is 11.9. The summed E-state index contributed by atoms with van der Waals surface area (Å²) in [5.74, 6) is -0.618. The molecule has 0 fully saturated rings. The molecule has 0 bridgehead atoms. The molecule has 0 aromatic heterocycles. The van der Waals surface area contributed by atoms with Gasteiger partial charge >= 0.3 is 0 Å². The Hall–Kier alpha value is -0.570. The average Bonchev–Trinajstić information content (AvgIpc) is 2.78. The first-order valence-electron chi connectivity index (χ1n) is 14.7. The molecule has 3 heteroatoms. The van der Waals surface area contributed by atoms with Gasteiger partial charge in [-0.05, 0) is 18.8 Å². The minimum atomic E-state index is -0.831. The number of hydrogen-bond acceptors (Lipinski definition) is 2. The predicted molar refractivity (Wildman–Crippen MR) is 146 cm³/mol. The lowest BCUT2D eigenvalue weighted by Gasteiger charge is -2.37. The van der Waals surface area contributed by atoms with Crippen LogP contribution < -0.4 is 11.3 Å². The number of carboxylic acids is 1. The van der Waals surface area contributed by atoms with Gasteiger partial charge in [0.1, 0.15) is 0 Å². The fourth-order valence-electron chi connectivity index (χ4n) is 4.96. The second-order valence-corrected chi connectivity index (χ2v) is 10.9. The summed E-state index contributed by atoms with van der Waals surface area (Å²) in [6, 6.07) is 0. The van der Waals surface area contributed by atoms with Crippen LogP contribution in [0.15, 0.2) is 0 Å². The fourth-order valence-corrected chi connectivity index (χ4v) is 4.96. The zero-order chi connectivity index (χ0) is 23.9. The molecule has 0 aliphatic heterocycles. The predicted octanol–water partition coefficient (Wildman–Crippen LogP) is 9.77. The van der Waals surface area contributed by atoms with E-state index in [2.05, 4.69) is 20.8 Å². The lowest BCUT2D eigenvalue weighted by molar-refractivity contribution is -0.321. The molecule has 0 aliphatic rings. The number of quaternary nitrogens is 1. The molecule has 2 unspecified atom stereocenters. The normalized spacial score (nSPS) is 13.9. The summed E-state index contributed by atoms with van der Waals surface area (Å²) >= 11 is 0. The summed E-state index contributed by atoms with van der Waals surface area (Å²) in [6.45, 7) is 8.61. The van der Waals surface area contributed by atoms with E-state index in [1.54, 1.807) is 0 Å². The highest BCUT2D eigenvalue weighted by Crippen LogP contribution is 2.36. The van der Waals surface area contributed by atoms with Gasteiger partial charge in [-0.1, -0.05) is 163 Å². The minimum Gasteiger partial charge on any atom is -0.550 e. The van der Waals surface area contributed by atoms with E-state index in [4.69, 9.17) is 0 Å². The average molecular weight is 470 g/mol. The van der Waals surface area contributed by atoms with E-state index in [9.17, 15) is 9.90 Å². The minimum absolute atomic E-state index is 0. The molecule has 0 aromatic carbocycles. The first kappa shape index (κ1) is 34.6.